The van der Waals surface area contributed by atoms with Crippen LogP contribution in [0.25, 0.3) is 0 Å². The Bertz CT molecular complexity index is 1060. The average Bonchev–Trinajstić information content (AvgIpc) is 3.16. The van der Waals surface area contributed by atoms with Crippen LogP contribution in [0.5, 0.6) is 0 Å². The van der Waals surface area contributed by atoms with E-state index in [0.717, 1.165) is 57.8 Å². The van der Waals surface area contributed by atoms with Gasteiger partial charge in [-0.15, -0.1) is 0 Å². The second kappa shape index (κ2) is 40.1. The van der Waals surface area contributed by atoms with Crippen LogP contribution in [0.15, 0.2) is 48.6 Å². The lowest BCUT2D eigenvalue weighted by Crippen LogP contribution is -2.34. The predicted molar refractivity (Wildman–Crippen MR) is 226 cm³/mol. The smallest absolute Gasteiger partial charge is 0.472 e. The van der Waals surface area contributed by atoms with Crippen molar-refractivity contribution in [2.45, 2.75) is 193 Å². The largest absolute Gasteiger partial charge is 0.480 e. The Morgan fingerprint density at radius 1 is 0.600 bits per heavy atom. The number of phosphoric acid groups is 1. The lowest BCUT2D eigenvalue weighted by Gasteiger charge is -2.20. The number of nitrogens with two attached hydrogens (primary N) is 1. The number of carbonyl (C=O) groups is 2. The summed E-state index contributed by atoms with van der Waals surface area (Å²) in [6.07, 6.45) is 46.0. The van der Waals surface area contributed by atoms with E-state index in [1.54, 1.807) is 0 Å². The lowest BCUT2D eigenvalue weighted by atomic mass is 10.0. The number of allylic oxidation sites excluding steroid dienone is 8. The molecular formula is C44H80NO9P. The van der Waals surface area contributed by atoms with E-state index in [-0.39, 0.29) is 13.0 Å². The summed E-state index contributed by atoms with van der Waals surface area (Å²) in [5, 5.41) is 8.89. The van der Waals surface area contributed by atoms with Crippen molar-refractivity contribution in [1.82, 2.24) is 0 Å². The number of unbranched alkanes of at least 4 members (excludes halogenated alkanes) is 19. The molecule has 0 radical (unpaired) electrons. The third-order valence-electron chi connectivity index (χ3n) is 9.12. The molecule has 0 aromatic rings. The fourth-order valence-electron chi connectivity index (χ4n) is 5.77. The molecule has 1 unspecified atom stereocenters. The number of ether oxygens (including phenoxy) is 2. The van der Waals surface area contributed by atoms with E-state index in [9.17, 15) is 19.0 Å². The minimum Gasteiger partial charge on any atom is -0.480 e. The highest BCUT2D eigenvalue weighted by atomic mass is 31.2. The number of aliphatic carboxylic acids is 1. The average molecular weight is 798 g/mol. The summed E-state index contributed by atoms with van der Waals surface area (Å²) >= 11 is 0. The van der Waals surface area contributed by atoms with Crippen LogP contribution >= 0.6 is 7.82 Å². The molecular weight excluding hydrogens is 717 g/mol. The van der Waals surface area contributed by atoms with Gasteiger partial charge in [-0.3, -0.25) is 18.6 Å². The third-order valence-corrected chi connectivity index (χ3v) is 10.1. The number of rotatable bonds is 41. The fourth-order valence-corrected chi connectivity index (χ4v) is 6.55. The number of hydrogen-bond donors (Lipinski definition) is 3. The maximum absolute atomic E-state index is 12.6. The van der Waals surface area contributed by atoms with Crippen molar-refractivity contribution in [3.8, 4) is 0 Å². The molecule has 0 spiro atoms. The van der Waals surface area contributed by atoms with E-state index in [2.05, 4.69) is 62.5 Å². The van der Waals surface area contributed by atoms with Crippen molar-refractivity contribution in [1.29, 1.82) is 0 Å². The Labute approximate surface area is 335 Å². The minimum absolute atomic E-state index is 0.00128. The number of esters is 1. The van der Waals surface area contributed by atoms with E-state index in [4.69, 9.17) is 29.4 Å². The van der Waals surface area contributed by atoms with Gasteiger partial charge in [-0.2, -0.15) is 0 Å². The summed E-state index contributed by atoms with van der Waals surface area (Å²) in [5.74, 6) is -1.82. The summed E-state index contributed by atoms with van der Waals surface area (Å²) in [6, 6.07) is -1.48. The first-order valence-electron chi connectivity index (χ1n) is 21.7. The zero-order valence-corrected chi connectivity index (χ0v) is 35.7. The molecule has 4 N–H and O–H groups in total. The van der Waals surface area contributed by atoms with E-state index in [1.165, 1.54) is 96.3 Å². The molecule has 0 fully saturated rings. The van der Waals surface area contributed by atoms with Crippen LogP contribution in [-0.2, 0) is 32.7 Å². The zero-order valence-electron chi connectivity index (χ0n) is 34.8. The first-order chi connectivity index (χ1) is 26.7. The van der Waals surface area contributed by atoms with Gasteiger partial charge in [-0.05, 0) is 51.4 Å². The van der Waals surface area contributed by atoms with Gasteiger partial charge in [0.15, 0.2) is 0 Å². The predicted octanol–water partition coefficient (Wildman–Crippen LogP) is 11.9. The molecule has 0 aliphatic heterocycles. The SMILES string of the molecule is CC/C=C\C/C=C\C/C=C\C/C=C\CCCCC(=O)O[C@H](COCCCCCCCCCCCCCCCCCCCC)COP(=O)(O)OC[C@H](N)C(=O)O. The van der Waals surface area contributed by atoms with Crippen LogP contribution in [0.2, 0.25) is 0 Å². The summed E-state index contributed by atoms with van der Waals surface area (Å²) in [4.78, 5) is 33.5. The van der Waals surface area contributed by atoms with E-state index in [0.29, 0.717) is 13.0 Å². The van der Waals surface area contributed by atoms with Crippen molar-refractivity contribution in [2.24, 2.45) is 5.73 Å². The Morgan fingerprint density at radius 2 is 1.05 bits per heavy atom. The number of carboxylic acid groups (broad SMARTS) is 1. The number of carboxylic acids is 1. The zero-order chi connectivity index (χ0) is 40.5. The molecule has 55 heavy (non-hydrogen) atoms. The molecule has 0 saturated carbocycles. The maximum atomic E-state index is 12.6. The molecule has 0 aliphatic rings. The molecule has 0 rings (SSSR count). The summed E-state index contributed by atoms with van der Waals surface area (Å²) in [7, 11) is -4.63. The third kappa shape index (κ3) is 39.9. The molecule has 0 aromatic heterocycles. The van der Waals surface area contributed by atoms with Crippen LogP contribution < -0.4 is 5.73 Å². The van der Waals surface area contributed by atoms with Crippen LogP contribution in [-0.4, -0.2) is 60.5 Å². The first kappa shape index (κ1) is 52.9. The second-order valence-electron chi connectivity index (χ2n) is 14.4. The molecule has 0 heterocycles. The summed E-state index contributed by atoms with van der Waals surface area (Å²) < 4.78 is 33.3. The van der Waals surface area contributed by atoms with Gasteiger partial charge in [0.25, 0.3) is 0 Å². The maximum Gasteiger partial charge on any atom is 0.472 e. The molecule has 0 aliphatic carbocycles. The Balaban J connectivity index is 4.27. The highest BCUT2D eigenvalue weighted by Crippen LogP contribution is 2.43. The molecule has 0 saturated heterocycles. The number of carbonyl (C=O) groups excluding carboxylic acids is 1. The molecule has 0 bridgehead atoms. The van der Waals surface area contributed by atoms with Gasteiger partial charge < -0.3 is 25.2 Å². The van der Waals surface area contributed by atoms with E-state index in [1.807, 2.05) is 0 Å². The van der Waals surface area contributed by atoms with Crippen LogP contribution in [0.1, 0.15) is 181 Å². The molecule has 320 valence electrons. The molecule has 0 aromatic carbocycles. The first-order valence-corrected chi connectivity index (χ1v) is 23.2. The molecule has 10 nitrogen and oxygen atoms in total. The van der Waals surface area contributed by atoms with Gasteiger partial charge in [0.1, 0.15) is 12.1 Å². The summed E-state index contributed by atoms with van der Waals surface area (Å²) in [5.41, 5.74) is 5.35. The van der Waals surface area contributed by atoms with E-state index < -0.39 is 45.1 Å². The van der Waals surface area contributed by atoms with Crippen LogP contribution in [0, 0.1) is 0 Å². The van der Waals surface area contributed by atoms with Gasteiger partial charge in [0.2, 0.25) is 0 Å². The Kier molecular flexibility index (Phi) is 38.6. The van der Waals surface area contributed by atoms with Crippen molar-refractivity contribution in [2.75, 3.05) is 26.4 Å². The molecule has 11 heteroatoms. The normalized spacial score (nSPS) is 14.4. The lowest BCUT2D eigenvalue weighted by molar-refractivity contribution is -0.154. The number of hydrogen-bond acceptors (Lipinski definition) is 8. The van der Waals surface area contributed by atoms with E-state index >= 15 is 0 Å². The van der Waals surface area contributed by atoms with Crippen LogP contribution in [0.4, 0.5) is 0 Å². The van der Waals surface area contributed by atoms with Crippen molar-refractivity contribution < 1.29 is 42.7 Å². The van der Waals surface area contributed by atoms with Crippen molar-refractivity contribution >= 4 is 19.8 Å². The van der Waals surface area contributed by atoms with Gasteiger partial charge in [0.05, 0.1) is 19.8 Å². The van der Waals surface area contributed by atoms with Crippen LogP contribution in [0.3, 0.4) is 0 Å². The van der Waals surface area contributed by atoms with Gasteiger partial charge in [-0.1, -0.05) is 172 Å². The van der Waals surface area contributed by atoms with Gasteiger partial charge >= 0.3 is 19.8 Å². The fraction of sp³-hybridized carbons (Fsp3) is 0.773. The quantitative estimate of drug-likeness (QED) is 0.0236. The molecule has 0 amide bonds. The monoisotopic (exact) mass is 798 g/mol. The molecule has 3 atom stereocenters. The topological polar surface area (TPSA) is 155 Å². The standard InChI is InChI=1S/C44H80NO9P/c1-3-5-7-9-11-13-15-17-19-20-21-23-25-27-29-31-33-35-37-51-38-41(39-52-55(49,50)53-40-42(45)44(47)48)54-43(46)36-34-32-30-28-26-24-22-18-16-14-12-10-8-6-4-2/h6,8,12,14,18,22,26,28,41-42H,3-5,7,9-11,13,15-17,19-21,23-25,27,29-40,45H2,1-2H3,(H,47,48)(H,49,50)/b8-6-,14-12-,22-18-,28-26-/t41-,42+/m1/s1. The Hall–Kier alpha value is -2.07. The Morgan fingerprint density at radius 3 is 1.55 bits per heavy atom. The summed E-state index contributed by atoms with van der Waals surface area (Å²) in [6.45, 7) is 3.72. The van der Waals surface area contributed by atoms with Crippen molar-refractivity contribution in [3.05, 3.63) is 48.6 Å². The highest BCUT2D eigenvalue weighted by molar-refractivity contribution is 7.47. The second-order valence-corrected chi connectivity index (χ2v) is 15.9. The van der Waals surface area contributed by atoms with Gasteiger partial charge in [-0.25, -0.2) is 4.57 Å². The number of phosphoric ester groups is 1. The van der Waals surface area contributed by atoms with Crippen molar-refractivity contribution in [3.63, 3.8) is 0 Å². The minimum atomic E-state index is -4.63. The van der Waals surface area contributed by atoms with Gasteiger partial charge in [0, 0.05) is 13.0 Å². The highest BCUT2D eigenvalue weighted by Gasteiger charge is 2.27.